The molecule has 1 aliphatic carbocycles. The number of rotatable bonds is 5. The number of benzene rings is 1. The van der Waals surface area contributed by atoms with Crippen LogP contribution in [0.2, 0.25) is 5.02 Å². The van der Waals surface area contributed by atoms with E-state index in [0.29, 0.717) is 11.8 Å². The summed E-state index contributed by atoms with van der Waals surface area (Å²) >= 11 is 5.74. The van der Waals surface area contributed by atoms with Gasteiger partial charge in [-0.1, -0.05) is 38.3 Å². The van der Waals surface area contributed by atoms with Crippen molar-refractivity contribution in [2.45, 2.75) is 39.2 Å². The van der Waals surface area contributed by atoms with Crippen molar-refractivity contribution in [1.82, 2.24) is 5.32 Å². The zero-order chi connectivity index (χ0) is 17.0. The summed E-state index contributed by atoms with van der Waals surface area (Å²) in [4.78, 5) is 22.5. The molecule has 0 heterocycles. The van der Waals surface area contributed by atoms with Crippen LogP contribution in [0.15, 0.2) is 18.2 Å². The van der Waals surface area contributed by atoms with Crippen LogP contribution < -0.4 is 10.1 Å². The lowest BCUT2D eigenvalue weighted by molar-refractivity contribution is -0.385. The normalized spacial score (nSPS) is 24.0. The number of nitro benzene ring substituents is 1. The third-order valence-electron chi connectivity index (χ3n) is 4.53. The molecular weight excluding hydrogens is 320 g/mol. The molecule has 126 valence electrons. The van der Waals surface area contributed by atoms with Crippen LogP contribution in [-0.2, 0) is 4.79 Å². The van der Waals surface area contributed by atoms with Gasteiger partial charge in [0.25, 0.3) is 5.91 Å². The Morgan fingerprint density at radius 3 is 2.87 bits per heavy atom. The minimum atomic E-state index is -0.579. The van der Waals surface area contributed by atoms with Gasteiger partial charge in [0.15, 0.2) is 12.4 Å². The largest absolute Gasteiger partial charge is 0.477 e. The van der Waals surface area contributed by atoms with Crippen LogP contribution in [0.25, 0.3) is 0 Å². The van der Waals surface area contributed by atoms with Crippen molar-refractivity contribution in [2.24, 2.45) is 11.8 Å². The first kappa shape index (κ1) is 17.5. The summed E-state index contributed by atoms with van der Waals surface area (Å²) in [6, 6.07) is 4.24. The van der Waals surface area contributed by atoms with Gasteiger partial charge in [-0.05, 0) is 30.4 Å². The smallest absolute Gasteiger partial charge is 0.312 e. The van der Waals surface area contributed by atoms with Crippen molar-refractivity contribution in [3.8, 4) is 5.75 Å². The van der Waals surface area contributed by atoms with E-state index >= 15 is 0 Å². The fourth-order valence-electron chi connectivity index (χ4n) is 2.93. The molecule has 3 unspecified atom stereocenters. The van der Waals surface area contributed by atoms with Crippen molar-refractivity contribution >= 4 is 23.2 Å². The summed E-state index contributed by atoms with van der Waals surface area (Å²) in [5.41, 5.74) is -0.245. The Morgan fingerprint density at radius 1 is 1.43 bits per heavy atom. The van der Waals surface area contributed by atoms with Gasteiger partial charge in [-0.15, -0.1) is 0 Å². The van der Waals surface area contributed by atoms with Crippen molar-refractivity contribution in [1.29, 1.82) is 0 Å². The molecule has 1 amide bonds. The number of nitrogens with one attached hydrogen (secondary N) is 1. The molecule has 1 aliphatic rings. The van der Waals surface area contributed by atoms with E-state index in [-0.39, 0.29) is 35.0 Å². The summed E-state index contributed by atoms with van der Waals surface area (Å²) in [7, 11) is 0. The molecular formula is C16H21ClN2O4. The molecule has 7 heteroatoms. The summed E-state index contributed by atoms with van der Waals surface area (Å²) in [6.45, 7) is 4.08. The van der Waals surface area contributed by atoms with Gasteiger partial charge in [-0.2, -0.15) is 0 Å². The van der Waals surface area contributed by atoms with Crippen LogP contribution in [0, 0.1) is 22.0 Å². The van der Waals surface area contributed by atoms with Crippen LogP contribution in [0.5, 0.6) is 5.75 Å². The van der Waals surface area contributed by atoms with Crippen molar-refractivity contribution < 1.29 is 14.5 Å². The average Bonchev–Trinajstić information content (AvgIpc) is 2.50. The Balaban J connectivity index is 1.93. The van der Waals surface area contributed by atoms with Gasteiger partial charge < -0.3 is 10.1 Å². The van der Waals surface area contributed by atoms with E-state index in [0.717, 1.165) is 12.8 Å². The number of amides is 1. The maximum absolute atomic E-state index is 12.1. The predicted molar refractivity (Wildman–Crippen MR) is 87.7 cm³/mol. The monoisotopic (exact) mass is 340 g/mol. The lowest BCUT2D eigenvalue weighted by Gasteiger charge is -2.34. The lowest BCUT2D eigenvalue weighted by Crippen LogP contribution is -2.45. The number of halogens is 1. The molecule has 1 N–H and O–H groups in total. The number of hydrogen-bond donors (Lipinski definition) is 1. The molecule has 0 radical (unpaired) electrons. The third kappa shape index (κ3) is 4.58. The van der Waals surface area contributed by atoms with E-state index < -0.39 is 4.92 Å². The number of carbonyl (C=O) groups excluding carboxylic acids is 1. The molecule has 1 aromatic carbocycles. The second-order valence-electron chi connectivity index (χ2n) is 6.10. The fraction of sp³-hybridized carbons (Fsp3) is 0.562. The first-order valence-corrected chi connectivity index (χ1v) is 8.12. The van der Waals surface area contributed by atoms with E-state index in [9.17, 15) is 14.9 Å². The Morgan fingerprint density at radius 2 is 2.17 bits per heavy atom. The molecule has 0 saturated heterocycles. The molecule has 0 spiro atoms. The topological polar surface area (TPSA) is 81.5 Å². The van der Waals surface area contributed by atoms with Crippen LogP contribution in [0.1, 0.15) is 33.1 Å². The third-order valence-corrected chi connectivity index (χ3v) is 4.76. The number of nitrogens with zero attached hydrogens (tertiary/aromatic N) is 1. The van der Waals surface area contributed by atoms with Crippen molar-refractivity contribution in [3.63, 3.8) is 0 Å². The second-order valence-corrected chi connectivity index (χ2v) is 6.54. The zero-order valence-electron chi connectivity index (χ0n) is 13.3. The minimum Gasteiger partial charge on any atom is -0.477 e. The second kappa shape index (κ2) is 7.64. The molecule has 23 heavy (non-hydrogen) atoms. The van der Waals surface area contributed by atoms with Gasteiger partial charge in [0.05, 0.1) is 4.92 Å². The zero-order valence-corrected chi connectivity index (χ0v) is 14.0. The Bertz CT molecular complexity index is 593. The Hall–Kier alpha value is -1.82. The first-order valence-electron chi connectivity index (χ1n) is 7.74. The summed E-state index contributed by atoms with van der Waals surface area (Å²) < 4.78 is 5.31. The SMILES string of the molecule is CC1CCCC(NC(=O)COc2ccc(Cl)cc2[N+](=O)[O-])C1C. The van der Waals surface area contributed by atoms with E-state index in [1.807, 2.05) is 0 Å². The fourth-order valence-corrected chi connectivity index (χ4v) is 3.10. The standard InChI is InChI=1S/C16H21ClN2O4/c1-10-4-3-5-13(11(10)2)18-16(20)9-23-15-7-6-12(17)8-14(15)19(21)22/h6-8,10-11,13H,3-5,9H2,1-2H3,(H,18,20). The molecule has 0 bridgehead atoms. The van der Waals surface area contributed by atoms with Crippen LogP contribution in [-0.4, -0.2) is 23.5 Å². The average molecular weight is 341 g/mol. The molecule has 1 fully saturated rings. The summed E-state index contributed by atoms with van der Waals surface area (Å²) in [5, 5.41) is 14.2. The van der Waals surface area contributed by atoms with Crippen LogP contribution in [0.3, 0.4) is 0 Å². The maximum atomic E-state index is 12.1. The quantitative estimate of drug-likeness (QED) is 0.656. The van der Waals surface area contributed by atoms with Gasteiger partial charge >= 0.3 is 5.69 Å². The van der Waals surface area contributed by atoms with Crippen molar-refractivity contribution in [2.75, 3.05) is 6.61 Å². The highest BCUT2D eigenvalue weighted by molar-refractivity contribution is 6.30. The molecule has 3 atom stereocenters. The lowest BCUT2D eigenvalue weighted by atomic mass is 9.78. The number of ether oxygens (including phenoxy) is 1. The molecule has 1 saturated carbocycles. The van der Waals surface area contributed by atoms with E-state index in [4.69, 9.17) is 16.3 Å². The van der Waals surface area contributed by atoms with Crippen molar-refractivity contribution in [3.05, 3.63) is 33.3 Å². The van der Waals surface area contributed by atoms with Gasteiger partial charge in [0, 0.05) is 17.1 Å². The molecule has 0 aliphatic heterocycles. The molecule has 0 aromatic heterocycles. The molecule has 2 rings (SSSR count). The molecule has 6 nitrogen and oxygen atoms in total. The highest BCUT2D eigenvalue weighted by atomic mass is 35.5. The van der Waals surface area contributed by atoms with Crippen LogP contribution in [0.4, 0.5) is 5.69 Å². The van der Waals surface area contributed by atoms with Gasteiger partial charge in [-0.25, -0.2) is 0 Å². The number of carbonyl (C=O) groups is 1. The maximum Gasteiger partial charge on any atom is 0.312 e. The molecule has 1 aromatic rings. The highest BCUT2D eigenvalue weighted by Crippen LogP contribution is 2.31. The number of nitro groups is 1. The van der Waals surface area contributed by atoms with E-state index in [1.54, 1.807) is 0 Å². The first-order chi connectivity index (χ1) is 10.9. The van der Waals surface area contributed by atoms with E-state index in [2.05, 4.69) is 19.2 Å². The van der Waals surface area contributed by atoms with Gasteiger partial charge in [0.1, 0.15) is 0 Å². The highest BCUT2D eigenvalue weighted by Gasteiger charge is 2.28. The van der Waals surface area contributed by atoms with Crippen LogP contribution >= 0.6 is 11.6 Å². The minimum absolute atomic E-state index is 0.0413. The Labute approximate surface area is 140 Å². The van der Waals surface area contributed by atoms with Gasteiger partial charge in [0.2, 0.25) is 0 Å². The predicted octanol–water partition coefficient (Wildman–Crippen LogP) is 3.57. The van der Waals surface area contributed by atoms with Gasteiger partial charge in [-0.3, -0.25) is 14.9 Å². The Kier molecular flexibility index (Phi) is 5.82. The number of hydrogen-bond acceptors (Lipinski definition) is 4. The van der Waals surface area contributed by atoms with E-state index in [1.165, 1.54) is 24.6 Å². The summed E-state index contributed by atoms with van der Waals surface area (Å²) in [6.07, 6.45) is 3.24. The summed E-state index contributed by atoms with van der Waals surface area (Å²) in [5.74, 6) is 0.768.